The van der Waals surface area contributed by atoms with E-state index in [0.29, 0.717) is 0 Å². The average molecular weight is 193 g/mol. The number of ether oxygens (including phenoxy) is 1. The van der Waals surface area contributed by atoms with E-state index in [4.69, 9.17) is 15.6 Å². The molecule has 1 fully saturated rings. The van der Waals surface area contributed by atoms with Crippen molar-refractivity contribution in [1.29, 1.82) is 0 Å². The van der Waals surface area contributed by atoms with Crippen molar-refractivity contribution in [3.63, 3.8) is 0 Å². The van der Waals surface area contributed by atoms with Gasteiger partial charge >= 0.3 is 0 Å². The summed E-state index contributed by atoms with van der Waals surface area (Å²) in [5.74, 6) is 0.745. The topological polar surface area (TPSA) is 55.5 Å². The van der Waals surface area contributed by atoms with Gasteiger partial charge in [0.25, 0.3) is 0 Å². The molecule has 0 aromatic heterocycles. The number of rotatable bonds is 3. The van der Waals surface area contributed by atoms with E-state index in [1.54, 1.807) is 7.11 Å². The average Bonchev–Trinajstić information content (AvgIpc) is 2.96. The third kappa shape index (κ3) is 1.38. The van der Waals surface area contributed by atoms with Gasteiger partial charge in [-0.1, -0.05) is 18.2 Å². The number of methoxy groups -OCH3 is 1. The molecule has 3 heteroatoms. The van der Waals surface area contributed by atoms with Gasteiger partial charge in [-0.05, 0) is 12.8 Å². The summed E-state index contributed by atoms with van der Waals surface area (Å²) in [6, 6.07) is 5.75. The first-order valence-corrected chi connectivity index (χ1v) is 4.77. The molecule has 0 saturated heterocycles. The van der Waals surface area contributed by atoms with Crippen molar-refractivity contribution in [2.24, 2.45) is 5.73 Å². The normalized spacial score (nSPS) is 17.9. The molecule has 0 bridgehead atoms. The van der Waals surface area contributed by atoms with Crippen molar-refractivity contribution < 1.29 is 9.84 Å². The van der Waals surface area contributed by atoms with Gasteiger partial charge in [0.15, 0.2) is 0 Å². The number of nitrogens with two attached hydrogens (primary N) is 1. The van der Waals surface area contributed by atoms with Gasteiger partial charge in [-0.2, -0.15) is 0 Å². The summed E-state index contributed by atoms with van der Waals surface area (Å²) in [7, 11) is 1.61. The molecule has 1 aromatic rings. The maximum Gasteiger partial charge on any atom is 0.129 e. The Kier molecular flexibility index (Phi) is 2.21. The number of hydrogen-bond acceptors (Lipinski definition) is 3. The summed E-state index contributed by atoms with van der Waals surface area (Å²) in [5, 5.41) is 9.14. The predicted molar refractivity (Wildman–Crippen MR) is 54.0 cm³/mol. The van der Waals surface area contributed by atoms with Gasteiger partial charge in [0.1, 0.15) is 5.75 Å². The molecule has 14 heavy (non-hydrogen) atoms. The maximum atomic E-state index is 9.14. The second kappa shape index (κ2) is 3.26. The fraction of sp³-hybridized carbons (Fsp3) is 0.455. The summed E-state index contributed by atoms with van der Waals surface area (Å²) in [5.41, 5.74) is 7.72. The molecule has 2 rings (SSSR count). The highest BCUT2D eigenvalue weighted by molar-refractivity contribution is 5.47. The van der Waals surface area contributed by atoms with Crippen molar-refractivity contribution >= 4 is 0 Å². The zero-order chi connectivity index (χ0) is 10.2. The van der Waals surface area contributed by atoms with E-state index in [-0.39, 0.29) is 12.1 Å². The van der Waals surface area contributed by atoms with Crippen LogP contribution in [0.25, 0.3) is 0 Å². The molecule has 76 valence electrons. The molecule has 0 heterocycles. The first kappa shape index (κ1) is 9.49. The van der Waals surface area contributed by atoms with Crippen molar-refractivity contribution in [3.05, 3.63) is 29.3 Å². The number of aliphatic hydroxyl groups is 1. The van der Waals surface area contributed by atoms with E-state index >= 15 is 0 Å². The Labute approximate surface area is 83.5 Å². The molecule has 0 aliphatic heterocycles. The molecular weight excluding hydrogens is 178 g/mol. The first-order valence-electron chi connectivity index (χ1n) is 4.77. The van der Waals surface area contributed by atoms with E-state index in [1.165, 1.54) is 0 Å². The molecule has 1 aliphatic carbocycles. The Morgan fingerprint density at radius 1 is 1.50 bits per heavy atom. The Morgan fingerprint density at radius 3 is 2.71 bits per heavy atom. The van der Waals surface area contributed by atoms with E-state index in [9.17, 15) is 0 Å². The van der Waals surface area contributed by atoms with Gasteiger partial charge in [-0.3, -0.25) is 0 Å². The van der Waals surface area contributed by atoms with Crippen molar-refractivity contribution in [2.75, 3.05) is 7.11 Å². The molecule has 3 nitrogen and oxygen atoms in total. The molecule has 0 amide bonds. The van der Waals surface area contributed by atoms with Crippen LogP contribution in [0.15, 0.2) is 18.2 Å². The fourth-order valence-electron chi connectivity index (χ4n) is 1.75. The standard InChI is InChI=1S/C11H15NO2/c1-14-10-8(7-13)3-2-4-9(10)11(12)5-6-11/h2-4,13H,5-7,12H2,1H3. The lowest BCUT2D eigenvalue weighted by molar-refractivity contribution is 0.273. The number of para-hydroxylation sites is 1. The van der Waals surface area contributed by atoms with E-state index < -0.39 is 0 Å². The summed E-state index contributed by atoms with van der Waals surface area (Å²) in [6.07, 6.45) is 2.00. The lowest BCUT2D eigenvalue weighted by atomic mass is 10.0. The van der Waals surface area contributed by atoms with Gasteiger partial charge in [0, 0.05) is 16.7 Å². The van der Waals surface area contributed by atoms with Gasteiger partial charge < -0.3 is 15.6 Å². The van der Waals surface area contributed by atoms with Crippen LogP contribution in [0.3, 0.4) is 0 Å². The molecule has 0 spiro atoms. The zero-order valence-electron chi connectivity index (χ0n) is 8.29. The second-order valence-corrected chi connectivity index (χ2v) is 3.81. The van der Waals surface area contributed by atoms with Crippen molar-refractivity contribution in [2.45, 2.75) is 25.0 Å². The molecule has 0 unspecified atom stereocenters. The molecular formula is C11H15NO2. The predicted octanol–water partition coefficient (Wildman–Crippen LogP) is 1.14. The largest absolute Gasteiger partial charge is 0.496 e. The molecule has 0 radical (unpaired) electrons. The van der Waals surface area contributed by atoms with Crippen LogP contribution in [0.2, 0.25) is 0 Å². The molecule has 0 atom stereocenters. The van der Waals surface area contributed by atoms with Gasteiger partial charge in [-0.15, -0.1) is 0 Å². The van der Waals surface area contributed by atoms with Crippen LogP contribution in [-0.2, 0) is 12.1 Å². The Bertz CT molecular complexity index is 345. The third-order valence-electron chi connectivity index (χ3n) is 2.80. The quantitative estimate of drug-likeness (QED) is 0.756. The highest BCUT2D eigenvalue weighted by Crippen LogP contribution is 2.47. The van der Waals surface area contributed by atoms with Crippen LogP contribution in [0.4, 0.5) is 0 Å². The summed E-state index contributed by atoms with van der Waals surface area (Å²) in [4.78, 5) is 0. The minimum absolute atomic E-state index is 0.00685. The van der Waals surface area contributed by atoms with Gasteiger partial charge in [0.2, 0.25) is 0 Å². The summed E-state index contributed by atoms with van der Waals surface area (Å²) in [6.45, 7) is -0.00685. The lowest BCUT2D eigenvalue weighted by Crippen LogP contribution is -2.20. The van der Waals surface area contributed by atoms with E-state index in [2.05, 4.69) is 0 Å². The van der Waals surface area contributed by atoms with E-state index in [1.807, 2.05) is 18.2 Å². The molecule has 3 N–H and O–H groups in total. The summed E-state index contributed by atoms with van der Waals surface area (Å²) >= 11 is 0. The third-order valence-corrected chi connectivity index (χ3v) is 2.80. The molecule has 1 aliphatic rings. The Morgan fingerprint density at radius 2 is 2.21 bits per heavy atom. The first-order chi connectivity index (χ1) is 6.71. The highest BCUT2D eigenvalue weighted by atomic mass is 16.5. The van der Waals surface area contributed by atoms with Crippen LogP contribution in [-0.4, -0.2) is 12.2 Å². The SMILES string of the molecule is COc1c(CO)cccc1C1(N)CC1. The lowest BCUT2D eigenvalue weighted by Gasteiger charge is -2.16. The van der Waals surface area contributed by atoms with Crippen molar-refractivity contribution in [3.8, 4) is 5.75 Å². The molecule has 1 saturated carbocycles. The Balaban J connectivity index is 2.48. The summed E-state index contributed by atoms with van der Waals surface area (Å²) < 4.78 is 5.29. The van der Waals surface area contributed by atoms with Crippen LogP contribution >= 0.6 is 0 Å². The van der Waals surface area contributed by atoms with Gasteiger partial charge in [-0.25, -0.2) is 0 Å². The monoisotopic (exact) mass is 193 g/mol. The number of benzene rings is 1. The highest BCUT2D eigenvalue weighted by Gasteiger charge is 2.42. The minimum atomic E-state index is -0.212. The van der Waals surface area contributed by atoms with Gasteiger partial charge in [0.05, 0.1) is 13.7 Å². The molecule has 1 aromatic carbocycles. The smallest absolute Gasteiger partial charge is 0.129 e. The van der Waals surface area contributed by atoms with E-state index in [0.717, 1.165) is 29.7 Å². The second-order valence-electron chi connectivity index (χ2n) is 3.81. The van der Waals surface area contributed by atoms with Crippen LogP contribution < -0.4 is 10.5 Å². The number of hydrogen-bond donors (Lipinski definition) is 2. The van der Waals surface area contributed by atoms with Crippen LogP contribution in [0.5, 0.6) is 5.75 Å². The van der Waals surface area contributed by atoms with Crippen LogP contribution in [0, 0.1) is 0 Å². The maximum absolute atomic E-state index is 9.14. The fourth-order valence-corrected chi connectivity index (χ4v) is 1.75. The zero-order valence-corrected chi connectivity index (χ0v) is 8.29. The number of aliphatic hydroxyl groups excluding tert-OH is 1. The Hall–Kier alpha value is -1.06. The van der Waals surface area contributed by atoms with Crippen molar-refractivity contribution in [1.82, 2.24) is 0 Å². The minimum Gasteiger partial charge on any atom is -0.496 e. The van der Waals surface area contributed by atoms with Crippen LogP contribution in [0.1, 0.15) is 24.0 Å².